The highest BCUT2D eigenvalue weighted by molar-refractivity contribution is 7.93. The lowest BCUT2D eigenvalue weighted by atomic mass is 10.1. The number of anilines is 2. The quantitative estimate of drug-likeness (QED) is 0.277. The van der Waals surface area contributed by atoms with Gasteiger partial charge in [-0.3, -0.25) is 9.44 Å². The molecule has 6 nitrogen and oxygen atoms in total. The third kappa shape index (κ3) is 4.86. The van der Waals surface area contributed by atoms with E-state index in [1.807, 2.05) is 52.0 Å². The Bertz CT molecular complexity index is 1650. The van der Waals surface area contributed by atoms with Crippen molar-refractivity contribution in [3.63, 3.8) is 0 Å². The molecule has 4 aromatic rings. The van der Waals surface area contributed by atoms with Gasteiger partial charge in [0.2, 0.25) is 0 Å². The first-order valence-corrected chi connectivity index (χ1v) is 14.9. The van der Waals surface area contributed by atoms with Crippen LogP contribution in [0.5, 0.6) is 0 Å². The van der Waals surface area contributed by atoms with Crippen molar-refractivity contribution in [3.8, 4) is 11.1 Å². The molecule has 0 saturated heterocycles. The van der Waals surface area contributed by atoms with Crippen LogP contribution in [0.2, 0.25) is 0 Å². The van der Waals surface area contributed by atoms with E-state index in [1.165, 1.54) is 0 Å². The minimum atomic E-state index is -3.79. The summed E-state index contributed by atoms with van der Waals surface area (Å²) in [6.45, 7) is 7.65. The Morgan fingerprint density at radius 1 is 0.541 bits per heavy atom. The Morgan fingerprint density at radius 3 is 1.32 bits per heavy atom. The number of hydrogen-bond donors (Lipinski definition) is 2. The molecule has 0 heterocycles. The Hall–Kier alpha value is -3.62. The van der Waals surface area contributed by atoms with Crippen LogP contribution in [0.4, 0.5) is 11.4 Å². The average molecular weight is 533 g/mol. The van der Waals surface area contributed by atoms with Crippen molar-refractivity contribution < 1.29 is 16.8 Å². The smallest absolute Gasteiger partial charge is 0.261 e. The van der Waals surface area contributed by atoms with Gasteiger partial charge in [0.1, 0.15) is 0 Å². The van der Waals surface area contributed by atoms with Crippen molar-refractivity contribution in [2.45, 2.75) is 43.9 Å². The van der Waals surface area contributed by atoms with Crippen LogP contribution >= 0.6 is 0 Å². The highest BCUT2D eigenvalue weighted by atomic mass is 32.2. The Kier molecular flexibility index (Phi) is 6.12. The van der Waals surface area contributed by atoms with Crippen LogP contribution in [0.15, 0.2) is 82.6 Å². The maximum atomic E-state index is 13.1. The van der Waals surface area contributed by atoms with Gasteiger partial charge in [-0.05, 0) is 104 Å². The average Bonchev–Trinajstić information content (AvgIpc) is 3.20. The molecule has 0 aliphatic heterocycles. The fourth-order valence-corrected chi connectivity index (χ4v) is 7.12. The molecule has 0 spiro atoms. The number of aryl methyl sites for hydroxylation is 4. The molecule has 0 amide bonds. The predicted octanol–water partition coefficient (Wildman–Crippen LogP) is 6.09. The van der Waals surface area contributed by atoms with Crippen molar-refractivity contribution in [2.24, 2.45) is 0 Å². The number of rotatable bonds is 6. The molecular weight excluding hydrogens is 504 g/mol. The fraction of sp³-hybridized carbons (Fsp3) is 0.172. The van der Waals surface area contributed by atoms with E-state index in [9.17, 15) is 16.8 Å². The molecule has 5 rings (SSSR count). The zero-order valence-corrected chi connectivity index (χ0v) is 22.7. The summed E-state index contributed by atoms with van der Waals surface area (Å²) in [6, 6.07) is 21.2. The van der Waals surface area contributed by atoms with Crippen LogP contribution in [-0.2, 0) is 26.5 Å². The number of fused-ring (bicyclic) bond motifs is 3. The van der Waals surface area contributed by atoms with E-state index in [-0.39, 0.29) is 9.79 Å². The lowest BCUT2D eigenvalue weighted by molar-refractivity contribution is 0.599. The maximum Gasteiger partial charge on any atom is 0.261 e. The van der Waals surface area contributed by atoms with Gasteiger partial charge in [0, 0.05) is 0 Å². The minimum absolute atomic E-state index is 0.170. The second-order valence-electron chi connectivity index (χ2n) is 9.66. The van der Waals surface area contributed by atoms with Crippen LogP contribution in [-0.4, -0.2) is 16.8 Å². The molecule has 8 heteroatoms. The number of benzene rings is 4. The standard InChI is InChI=1S/C29H28N2O4S2/c1-18-5-11-28(20(3)13-18)30-36(32,33)24-7-9-26-22(16-24)15-23-17-25(8-10-27(23)26)37(34,35)31-29-12-6-19(2)14-21(29)4/h5-14,16-17,30-31H,15H2,1-4H3. The van der Waals surface area contributed by atoms with Gasteiger partial charge in [0.05, 0.1) is 21.2 Å². The van der Waals surface area contributed by atoms with Crippen molar-refractivity contribution >= 4 is 31.4 Å². The van der Waals surface area contributed by atoms with Crippen molar-refractivity contribution in [3.05, 3.63) is 106 Å². The van der Waals surface area contributed by atoms with Crippen molar-refractivity contribution in [2.75, 3.05) is 9.44 Å². The van der Waals surface area contributed by atoms with Crippen LogP contribution in [0.25, 0.3) is 11.1 Å². The van der Waals surface area contributed by atoms with Crippen LogP contribution in [0.1, 0.15) is 33.4 Å². The third-order valence-electron chi connectivity index (χ3n) is 6.70. The topological polar surface area (TPSA) is 92.3 Å². The maximum absolute atomic E-state index is 13.1. The minimum Gasteiger partial charge on any atom is -0.279 e. The SMILES string of the molecule is Cc1ccc(NS(=O)(=O)c2ccc3c(c2)Cc2cc(S(=O)(=O)Nc4ccc(C)cc4C)ccc2-3)c(C)c1. The highest BCUT2D eigenvalue weighted by Crippen LogP contribution is 2.39. The van der Waals surface area contributed by atoms with E-state index in [4.69, 9.17) is 0 Å². The molecule has 0 aromatic heterocycles. The number of hydrogen-bond acceptors (Lipinski definition) is 4. The molecule has 0 fully saturated rings. The van der Waals surface area contributed by atoms with Gasteiger partial charge in [-0.2, -0.15) is 0 Å². The van der Waals surface area contributed by atoms with Gasteiger partial charge in [0.25, 0.3) is 20.0 Å². The van der Waals surface area contributed by atoms with Gasteiger partial charge in [0.15, 0.2) is 0 Å². The predicted molar refractivity (Wildman–Crippen MR) is 148 cm³/mol. The van der Waals surface area contributed by atoms with Crippen molar-refractivity contribution in [1.82, 2.24) is 0 Å². The summed E-state index contributed by atoms with van der Waals surface area (Å²) in [6.07, 6.45) is 0.449. The molecule has 4 aromatic carbocycles. The van der Waals surface area contributed by atoms with Gasteiger partial charge in [-0.15, -0.1) is 0 Å². The molecule has 1 aliphatic carbocycles. The molecule has 0 radical (unpaired) electrons. The van der Waals surface area contributed by atoms with E-state index >= 15 is 0 Å². The lowest BCUT2D eigenvalue weighted by Gasteiger charge is -2.12. The summed E-state index contributed by atoms with van der Waals surface area (Å²) < 4.78 is 57.9. The Labute approximate surface area is 218 Å². The highest BCUT2D eigenvalue weighted by Gasteiger charge is 2.25. The molecule has 37 heavy (non-hydrogen) atoms. The fourth-order valence-electron chi connectivity index (χ4n) is 4.76. The molecule has 0 saturated carbocycles. The first-order valence-electron chi connectivity index (χ1n) is 11.9. The third-order valence-corrected chi connectivity index (χ3v) is 9.42. The molecule has 0 atom stereocenters. The summed E-state index contributed by atoms with van der Waals surface area (Å²) in [4.78, 5) is 0.340. The second kappa shape index (κ2) is 9.04. The van der Waals surface area contributed by atoms with Gasteiger partial charge < -0.3 is 0 Å². The molecule has 1 aliphatic rings. The number of nitrogens with one attached hydrogen (secondary N) is 2. The Balaban J connectivity index is 1.41. The van der Waals surface area contributed by atoms with Crippen molar-refractivity contribution in [1.29, 1.82) is 0 Å². The summed E-state index contributed by atoms with van der Waals surface area (Å²) in [5.41, 5.74) is 8.40. The van der Waals surface area contributed by atoms with Gasteiger partial charge in [-0.25, -0.2) is 16.8 Å². The first-order chi connectivity index (χ1) is 17.4. The summed E-state index contributed by atoms with van der Waals surface area (Å²) >= 11 is 0. The zero-order valence-electron chi connectivity index (χ0n) is 21.1. The molecule has 190 valence electrons. The largest absolute Gasteiger partial charge is 0.279 e. The molecule has 0 bridgehead atoms. The van der Waals surface area contributed by atoms with E-state index in [0.717, 1.165) is 44.5 Å². The molecule has 0 unspecified atom stereocenters. The normalized spacial score (nSPS) is 12.6. The van der Waals surface area contributed by atoms with Gasteiger partial charge >= 0.3 is 0 Å². The zero-order chi connectivity index (χ0) is 26.5. The summed E-state index contributed by atoms with van der Waals surface area (Å²) in [5.74, 6) is 0. The monoisotopic (exact) mass is 532 g/mol. The van der Waals surface area contributed by atoms with Crippen LogP contribution in [0, 0.1) is 27.7 Å². The summed E-state index contributed by atoms with van der Waals surface area (Å²) in [5, 5.41) is 0. The number of sulfonamides is 2. The van der Waals surface area contributed by atoms with Gasteiger partial charge in [-0.1, -0.05) is 47.5 Å². The Morgan fingerprint density at radius 2 is 0.946 bits per heavy atom. The van der Waals surface area contributed by atoms with Crippen LogP contribution < -0.4 is 9.44 Å². The molecule has 2 N–H and O–H groups in total. The summed E-state index contributed by atoms with van der Waals surface area (Å²) in [7, 11) is -7.57. The van der Waals surface area contributed by atoms with E-state index in [2.05, 4.69) is 9.44 Å². The lowest BCUT2D eigenvalue weighted by Crippen LogP contribution is -2.14. The van der Waals surface area contributed by atoms with Crippen LogP contribution in [0.3, 0.4) is 0 Å². The first kappa shape index (κ1) is 25.0. The second-order valence-corrected chi connectivity index (χ2v) is 13.0. The van der Waals surface area contributed by atoms with E-state index < -0.39 is 20.0 Å². The molecular formula is C29H28N2O4S2. The van der Waals surface area contributed by atoms with E-state index in [0.29, 0.717) is 17.8 Å². The van der Waals surface area contributed by atoms with E-state index in [1.54, 1.807) is 48.5 Å².